The molecule has 0 aromatic heterocycles. The second-order valence-electron chi connectivity index (χ2n) is 9.17. The summed E-state index contributed by atoms with van der Waals surface area (Å²) in [5.74, 6) is -0.0603. The van der Waals surface area contributed by atoms with Gasteiger partial charge in [0.15, 0.2) is 0 Å². The molecule has 1 saturated carbocycles. The van der Waals surface area contributed by atoms with Crippen LogP contribution in [0.3, 0.4) is 0 Å². The van der Waals surface area contributed by atoms with Crippen LogP contribution in [0.1, 0.15) is 29.5 Å². The molecule has 4 aromatic rings. The number of anilines is 1. The van der Waals surface area contributed by atoms with Crippen molar-refractivity contribution in [2.45, 2.75) is 33.9 Å². The molecule has 0 amide bonds. The topological polar surface area (TPSA) is 55.2 Å². The lowest BCUT2D eigenvalue weighted by atomic mass is 9.75. The summed E-state index contributed by atoms with van der Waals surface area (Å²) in [6, 6.07) is 26.0. The van der Waals surface area contributed by atoms with Crippen LogP contribution in [0.15, 0.2) is 89.8 Å². The van der Waals surface area contributed by atoms with Gasteiger partial charge >= 0.3 is 0 Å². The molecule has 0 radical (unpaired) electrons. The van der Waals surface area contributed by atoms with Crippen LogP contribution in [0.2, 0.25) is 0 Å². The highest BCUT2D eigenvalue weighted by molar-refractivity contribution is 8.00. The monoisotopic (exact) mass is 504 g/mol. The van der Waals surface area contributed by atoms with Crippen LogP contribution in [0, 0.1) is 21.8 Å². The summed E-state index contributed by atoms with van der Waals surface area (Å²) in [4.78, 5) is 11.9. The third kappa shape index (κ3) is 3.85. The van der Waals surface area contributed by atoms with Crippen LogP contribution in [0.5, 0.6) is 0 Å². The summed E-state index contributed by atoms with van der Waals surface area (Å²) >= 11 is 8.76. The molecule has 0 bridgehead atoms. The Balaban J connectivity index is 1.45. The molecule has 1 aliphatic heterocycles. The van der Waals surface area contributed by atoms with E-state index in [1.54, 1.807) is 18.2 Å². The number of nitrogens with zero attached hydrogens (tertiary/aromatic N) is 1. The van der Waals surface area contributed by atoms with Crippen molar-refractivity contribution in [2.24, 2.45) is 5.92 Å². The first kappa shape index (κ1) is 22.4. The highest BCUT2D eigenvalue weighted by atomic mass is 35.5. The number of fused-ring (bicyclic) bond motifs is 5. The second kappa shape index (κ2) is 8.85. The number of benzene rings is 4. The van der Waals surface area contributed by atoms with Gasteiger partial charge in [-0.3, -0.25) is 10.1 Å². The molecule has 0 spiro atoms. The maximum atomic E-state index is 13.7. The van der Waals surface area contributed by atoms with E-state index >= 15 is 0 Å². The first-order valence-corrected chi connectivity index (χ1v) is 12.9. The minimum Gasteiger partial charge on any atom is -0.378 e. The lowest BCUT2D eigenvalue weighted by Gasteiger charge is -2.39. The predicted octanol–water partition coefficient (Wildman–Crippen LogP) is 7.93. The fourth-order valence-electron chi connectivity index (χ4n) is 5.77. The van der Waals surface area contributed by atoms with E-state index in [9.17, 15) is 14.5 Å². The number of hydrogen-bond acceptors (Lipinski definition) is 4. The van der Waals surface area contributed by atoms with Gasteiger partial charge in [0.25, 0.3) is 5.69 Å². The van der Waals surface area contributed by atoms with Gasteiger partial charge in [0.1, 0.15) is 5.82 Å². The molecule has 6 rings (SSSR count). The maximum Gasteiger partial charge on any atom is 0.282 e. The van der Waals surface area contributed by atoms with Gasteiger partial charge in [-0.2, -0.15) is 0 Å². The van der Waals surface area contributed by atoms with E-state index in [1.807, 2.05) is 30.3 Å². The van der Waals surface area contributed by atoms with E-state index in [4.69, 9.17) is 11.6 Å². The van der Waals surface area contributed by atoms with E-state index in [0.717, 1.165) is 23.1 Å². The smallest absolute Gasteiger partial charge is 0.282 e. The number of halogens is 2. The number of nitrogens with one attached hydrogen (secondary N) is 1. The summed E-state index contributed by atoms with van der Waals surface area (Å²) in [7, 11) is 0. The third-order valence-electron chi connectivity index (χ3n) is 7.28. The van der Waals surface area contributed by atoms with Crippen molar-refractivity contribution in [1.29, 1.82) is 0 Å². The van der Waals surface area contributed by atoms with Gasteiger partial charge in [-0.1, -0.05) is 54.6 Å². The molecule has 4 nitrogen and oxygen atoms in total. The fraction of sp³-hybridized carbons (Fsp3) is 0.214. The third-order valence-corrected chi connectivity index (χ3v) is 9.39. The molecule has 0 saturated heterocycles. The molecule has 1 heterocycles. The molecular weight excluding hydrogens is 483 g/mol. The van der Waals surface area contributed by atoms with Gasteiger partial charge in [-0.25, -0.2) is 4.39 Å². The Morgan fingerprint density at radius 2 is 1.71 bits per heavy atom. The number of hydrogen-bond donors (Lipinski definition) is 1. The number of thioether (sulfide) groups is 1. The maximum absolute atomic E-state index is 13.7. The second-order valence-corrected chi connectivity index (χ2v) is 11.0. The normalized spacial score (nSPS) is 25.0. The zero-order valence-electron chi connectivity index (χ0n) is 18.6. The SMILES string of the molecule is O=[N+]([O-])c1ccccc1S[C@@H]1C[C@H]2[C@@H](c3c(ccc4ccccc34)N[C@H]2c2ccc(F)cc2)[C@H]1Cl. The zero-order chi connectivity index (χ0) is 24.1. The summed E-state index contributed by atoms with van der Waals surface area (Å²) in [6.45, 7) is 0. The minimum atomic E-state index is -0.334. The lowest BCUT2D eigenvalue weighted by Crippen LogP contribution is -2.31. The molecule has 1 N–H and O–H groups in total. The first-order valence-electron chi connectivity index (χ1n) is 11.6. The molecule has 2 aliphatic rings. The van der Waals surface area contributed by atoms with Crippen molar-refractivity contribution in [3.63, 3.8) is 0 Å². The molecule has 4 aromatic carbocycles. The Hall–Kier alpha value is -3.09. The highest BCUT2D eigenvalue weighted by Crippen LogP contribution is 2.59. The molecule has 35 heavy (non-hydrogen) atoms. The number of para-hydroxylation sites is 1. The average Bonchev–Trinajstić information content (AvgIpc) is 3.20. The van der Waals surface area contributed by atoms with Crippen LogP contribution < -0.4 is 5.32 Å². The van der Waals surface area contributed by atoms with Gasteiger partial charge in [0, 0.05) is 22.9 Å². The Labute approximate surface area is 211 Å². The summed E-state index contributed by atoms with van der Waals surface area (Å²) in [5.41, 5.74) is 3.37. The van der Waals surface area contributed by atoms with E-state index < -0.39 is 0 Å². The summed E-state index contributed by atoms with van der Waals surface area (Å²) < 4.78 is 13.7. The molecule has 1 aliphatic carbocycles. The van der Waals surface area contributed by atoms with Crippen LogP contribution >= 0.6 is 23.4 Å². The molecular formula is C28H22ClFN2O2S. The Morgan fingerprint density at radius 3 is 2.51 bits per heavy atom. The fourth-order valence-corrected chi connectivity index (χ4v) is 7.70. The predicted molar refractivity (Wildman–Crippen MR) is 140 cm³/mol. The summed E-state index contributed by atoms with van der Waals surface area (Å²) in [5, 5.41) is 17.5. The van der Waals surface area contributed by atoms with Gasteiger partial charge in [-0.15, -0.1) is 23.4 Å². The summed E-state index contributed by atoms with van der Waals surface area (Å²) in [6.07, 6.45) is 0.785. The Morgan fingerprint density at radius 1 is 0.971 bits per heavy atom. The van der Waals surface area contributed by atoms with Gasteiger partial charge < -0.3 is 5.32 Å². The van der Waals surface area contributed by atoms with Crippen LogP contribution in [0.25, 0.3) is 10.8 Å². The number of nitro benzene ring substituents is 1. The van der Waals surface area contributed by atoms with Gasteiger partial charge in [0.05, 0.1) is 21.2 Å². The largest absolute Gasteiger partial charge is 0.378 e. The Bertz CT molecular complexity index is 1430. The lowest BCUT2D eigenvalue weighted by molar-refractivity contribution is -0.387. The van der Waals surface area contributed by atoms with Crippen LogP contribution in [-0.2, 0) is 0 Å². The van der Waals surface area contributed by atoms with Crippen LogP contribution in [0.4, 0.5) is 15.8 Å². The molecule has 176 valence electrons. The van der Waals surface area contributed by atoms with Crippen LogP contribution in [-0.4, -0.2) is 15.6 Å². The molecule has 1 fully saturated rings. The van der Waals surface area contributed by atoms with Crippen molar-refractivity contribution < 1.29 is 9.31 Å². The highest BCUT2D eigenvalue weighted by Gasteiger charge is 2.50. The van der Waals surface area contributed by atoms with Crippen molar-refractivity contribution in [1.82, 2.24) is 0 Å². The van der Waals surface area contributed by atoms with Crippen molar-refractivity contribution in [3.8, 4) is 0 Å². The van der Waals surface area contributed by atoms with Gasteiger partial charge in [-0.05, 0) is 58.5 Å². The van der Waals surface area contributed by atoms with Crippen molar-refractivity contribution in [3.05, 3.63) is 112 Å². The minimum absolute atomic E-state index is 0.0116. The van der Waals surface area contributed by atoms with Crippen molar-refractivity contribution in [2.75, 3.05) is 5.32 Å². The van der Waals surface area contributed by atoms with E-state index in [-0.39, 0.29) is 44.9 Å². The zero-order valence-corrected chi connectivity index (χ0v) is 20.2. The van der Waals surface area contributed by atoms with E-state index in [2.05, 4.69) is 29.6 Å². The molecule has 0 unspecified atom stereocenters. The first-order chi connectivity index (χ1) is 17.0. The number of alkyl halides is 1. The number of nitro groups is 1. The molecule has 5 atom stereocenters. The van der Waals surface area contributed by atoms with Gasteiger partial charge in [0.2, 0.25) is 0 Å². The van der Waals surface area contributed by atoms with Crippen molar-refractivity contribution >= 4 is 45.5 Å². The standard InChI is InChI=1S/C28H22ClFN2O2S/c29-27-24(35-23-8-4-3-7-22(23)32(33)34)15-20-26(27)25-19-6-2-1-5-16(19)11-14-21(25)31-28(20)17-9-12-18(30)13-10-17/h1-14,20,24,26-28,31H,15H2/t20-,24+,26-,27-,28-/m0/s1. The van der Waals surface area contributed by atoms with E-state index in [0.29, 0.717) is 4.90 Å². The van der Waals surface area contributed by atoms with E-state index in [1.165, 1.54) is 34.8 Å². The quantitative estimate of drug-likeness (QED) is 0.174. The molecule has 7 heteroatoms. The number of rotatable bonds is 4. The Kier molecular flexibility index (Phi) is 5.66. The average molecular weight is 505 g/mol.